The van der Waals surface area contributed by atoms with Gasteiger partial charge in [-0.1, -0.05) is 6.58 Å². The van der Waals surface area contributed by atoms with Crippen LogP contribution in [0.2, 0.25) is 0 Å². The van der Waals surface area contributed by atoms with Crippen LogP contribution in [0, 0.1) is 5.41 Å². The van der Waals surface area contributed by atoms with E-state index in [-0.39, 0.29) is 13.2 Å². The fraction of sp³-hybridized carbons (Fsp3) is 0.360. The Morgan fingerprint density at radius 1 is 0.882 bits per heavy atom. The molecule has 2 aromatic carbocycles. The Hall–Kier alpha value is -3.88. The molecule has 2 aromatic rings. The van der Waals surface area contributed by atoms with Crippen LogP contribution in [0.1, 0.15) is 29.0 Å². The van der Waals surface area contributed by atoms with Gasteiger partial charge >= 0.3 is 11.9 Å². The Balaban J connectivity index is 2.09. The van der Waals surface area contributed by atoms with Crippen LogP contribution in [0.3, 0.4) is 0 Å². The standard InChI is InChI=1S/C25H26O9/c1-13-11-25(23(26)31-5,24(27)32-6)21(16-10-18-17(9-15(13)16)33-12-34-18)14-7-19(28-2)22(30-4)20(8-14)29-3/h7-10,21H,1,11-12H2,2-6H3. The number of rotatable bonds is 6. The summed E-state index contributed by atoms with van der Waals surface area (Å²) >= 11 is 0. The van der Waals surface area contributed by atoms with Crippen LogP contribution >= 0.6 is 0 Å². The van der Waals surface area contributed by atoms with Crippen molar-refractivity contribution in [3.63, 3.8) is 0 Å². The van der Waals surface area contributed by atoms with Gasteiger partial charge in [0.1, 0.15) is 0 Å². The number of esters is 2. The first-order valence-electron chi connectivity index (χ1n) is 10.4. The van der Waals surface area contributed by atoms with E-state index >= 15 is 0 Å². The summed E-state index contributed by atoms with van der Waals surface area (Å²) in [5.74, 6) is -0.177. The van der Waals surface area contributed by atoms with E-state index in [1.165, 1.54) is 35.5 Å². The number of allylic oxidation sites excluding steroid dienone is 1. The van der Waals surface area contributed by atoms with E-state index in [1.54, 1.807) is 18.2 Å². The number of carbonyl (C=O) groups is 2. The van der Waals surface area contributed by atoms with Crippen LogP contribution < -0.4 is 23.7 Å². The fourth-order valence-corrected chi connectivity index (χ4v) is 4.86. The maximum absolute atomic E-state index is 13.4. The van der Waals surface area contributed by atoms with Gasteiger partial charge in [-0.3, -0.25) is 9.59 Å². The number of hydrogen-bond donors (Lipinski definition) is 0. The predicted molar refractivity (Wildman–Crippen MR) is 121 cm³/mol. The molecule has 1 unspecified atom stereocenters. The molecular formula is C25H26O9. The van der Waals surface area contributed by atoms with E-state index < -0.39 is 23.3 Å². The van der Waals surface area contributed by atoms with Crippen molar-refractivity contribution in [2.75, 3.05) is 42.3 Å². The molecule has 4 rings (SSSR count). The van der Waals surface area contributed by atoms with Crippen LogP contribution in [0.15, 0.2) is 30.8 Å². The number of methoxy groups -OCH3 is 5. The molecule has 0 saturated heterocycles. The minimum absolute atomic E-state index is 0.0275. The summed E-state index contributed by atoms with van der Waals surface area (Å²) < 4.78 is 38.0. The minimum Gasteiger partial charge on any atom is -0.493 e. The quantitative estimate of drug-likeness (QED) is 0.465. The molecule has 0 amide bonds. The first kappa shape index (κ1) is 23.3. The number of ether oxygens (including phenoxy) is 7. The Labute approximate surface area is 197 Å². The third-order valence-corrected chi connectivity index (χ3v) is 6.34. The Morgan fingerprint density at radius 3 is 1.94 bits per heavy atom. The lowest BCUT2D eigenvalue weighted by Gasteiger charge is -2.41. The molecule has 0 aromatic heterocycles. The molecule has 0 saturated carbocycles. The Bertz CT molecular complexity index is 1130. The van der Waals surface area contributed by atoms with Gasteiger partial charge in [0.2, 0.25) is 12.5 Å². The zero-order valence-corrected chi connectivity index (χ0v) is 19.7. The van der Waals surface area contributed by atoms with E-state index in [2.05, 4.69) is 6.58 Å². The van der Waals surface area contributed by atoms with Gasteiger partial charge in [-0.25, -0.2) is 0 Å². The summed E-state index contributed by atoms with van der Waals surface area (Å²) in [6.45, 7) is 4.22. The molecule has 1 aliphatic carbocycles. The zero-order valence-electron chi connectivity index (χ0n) is 19.7. The molecule has 0 radical (unpaired) electrons. The van der Waals surface area contributed by atoms with Crippen molar-refractivity contribution >= 4 is 17.5 Å². The summed E-state index contributed by atoms with van der Waals surface area (Å²) in [5, 5.41) is 0. The first-order chi connectivity index (χ1) is 16.4. The van der Waals surface area contributed by atoms with E-state index in [1.807, 2.05) is 6.07 Å². The molecule has 2 aliphatic rings. The molecular weight excluding hydrogens is 444 g/mol. The number of carbonyl (C=O) groups excluding carboxylic acids is 2. The second-order valence-corrected chi connectivity index (χ2v) is 7.92. The summed E-state index contributed by atoms with van der Waals surface area (Å²) in [6.07, 6.45) is -0.0275. The van der Waals surface area contributed by atoms with E-state index in [0.29, 0.717) is 45.4 Å². The molecule has 0 fully saturated rings. The predicted octanol–water partition coefficient (Wildman–Crippen LogP) is 3.32. The fourth-order valence-electron chi connectivity index (χ4n) is 4.86. The van der Waals surface area contributed by atoms with Crippen molar-refractivity contribution < 1.29 is 42.7 Å². The number of fused-ring (bicyclic) bond motifs is 2. The highest BCUT2D eigenvalue weighted by Crippen LogP contribution is 2.57. The maximum Gasteiger partial charge on any atom is 0.324 e. The molecule has 180 valence electrons. The molecule has 9 heteroatoms. The van der Waals surface area contributed by atoms with Gasteiger partial charge in [-0.05, 0) is 46.5 Å². The van der Waals surface area contributed by atoms with Crippen molar-refractivity contribution in [2.45, 2.75) is 12.3 Å². The second kappa shape index (κ2) is 8.81. The van der Waals surface area contributed by atoms with Gasteiger partial charge in [0, 0.05) is 12.3 Å². The zero-order chi connectivity index (χ0) is 24.6. The summed E-state index contributed by atoms with van der Waals surface area (Å²) in [4.78, 5) is 26.8. The lowest BCUT2D eigenvalue weighted by molar-refractivity contribution is -0.170. The molecule has 1 heterocycles. The third kappa shape index (κ3) is 3.30. The first-order valence-corrected chi connectivity index (χ1v) is 10.4. The lowest BCUT2D eigenvalue weighted by atomic mass is 9.60. The largest absolute Gasteiger partial charge is 0.493 e. The van der Waals surface area contributed by atoms with Crippen molar-refractivity contribution in [1.29, 1.82) is 0 Å². The second-order valence-electron chi connectivity index (χ2n) is 7.92. The highest BCUT2D eigenvalue weighted by Gasteiger charge is 2.59. The smallest absolute Gasteiger partial charge is 0.324 e. The Kier molecular flexibility index (Phi) is 6.03. The normalized spacial score (nSPS) is 17.4. The van der Waals surface area contributed by atoms with Crippen molar-refractivity contribution in [1.82, 2.24) is 0 Å². The van der Waals surface area contributed by atoms with Crippen molar-refractivity contribution in [3.05, 3.63) is 47.5 Å². The van der Waals surface area contributed by atoms with Crippen molar-refractivity contribution in [2.24, 2.45) is 5.41 Å². The van der Waals surface area contributed by atoms with Crippen LogP contribution in [0.5, 0.6) is 28.7 Å². The Morgan fingerprint density at radius 2 is 1.44 bits per heavy atom. The van der Waals surface area contributed by atoms with Crippen molar-refractivity contribution in [3.8, 4) is 28.7 Å². The topological polar surface area (TPSA) is 98.8 Å². The van der Waals surface area contributed by atoms with Gasteiger partial charge in [-0.2, -0.15) is 0 Å². The molecule has 1 aliphatic heterocycles. The molecule has 0 N–H and O–H groups in total. The average Bonchev–Trinajstić information content (AvgIpc) is 3.33. The number of benzene rings is 2. The van der Waals surface area contributed by atoms with Gasteiger partial charge in [0.05, 0.1) is 35.5 Å². The van der Waals surface area contributed by atoms with Crippen LogP contribution in [0.4, 0.5) is 0 Å². The van der Waals surface area contributed by atoms with Gasteiger partial charge in [-0.15, -0.1) is 0 Å². The highest BCUT2D eigenvalue weighted by atomic mass is 16.7. The lowest BCUT2D eigenvalue weighted by Crippen LogP contribution is -2.48. The van der Waals surface area contributed by atoms with Crippen LogP contribution in [0.25, 0.3) is 5.57 Å². The third-order valence-electron chi connectivity index (χ3n) is 6.34. The molecule has 34 heavy (non-hydrogen) atoms. The maximum atomic E-state index is 13.4. The van der Waals surface area contributed by atoms with Gasteiger partial charge in [0.25, 0.3) is 0 Å². The van der Waals surface area contributed by atoms with Crippen LogP contribution in [-0.2, 0) is 19.1 Å². The molecule has 0 bridgehead atoms. The molecule has 9 nitrogen and oxygen atoms in total. The van der Waals surface area contributed by atoms with E-state index in [9.17, 15) is 9.59 Å². The summed E-state index contributed by atoms with van der Waals surface area (Å²) in [6, 6.07) is 6.98. The number of hydrogen-bond acceptors (Lipinski definition) is 9. The van der Waals surface area contributed by atoms with Gasteiger partial charge < -0.3 is 33.2 Å². The monoisotopic (exact) mass is 470 g/mol. The van der Waals surface area contributed by atoms with Crippen LogP contribution in [-0.4, -0.2) is 54.3 Å². The summed E-state index contributed by atoms with van der Waals surface area (Å²) in [7, 11) is 6.94. The summed E-state index contributed by atoms with van der Waals surface area (Å²) in [5.41, 5.74) is 0.731. The minimum atomic E-state index is -1.76. The SMILES string of the molecule is C=C1CC(C(=O)OC)(C(=O)OC)C(c2cc(OC)c(OC)c(OC)c2)c2cc3c(cc21)OCO3. The molecule has 0 spiro atoms. The average molecular weight is 470 g/mol. The van der Waals surface area contributed by atoms with Gasteiger partial charge in [0.15, 0.2) is 28.4 Å². The van der Waals surface area contributed by atoms with E-state index in [4.69, 9.17) is 33.2 Å². The van der Waals surface area contributed by atoms with E-state index in [0.717, 1.165) is 5.56 Å². The highest BCUT2D eigenvalue weighted by molar-refractivity contribution is 6.05. The molecule has 1 atom stereocenters.